The average Bonchev–Trinajstić information content (AvgIpc) is 3.46. The maximum atomic E-state index is 13.5. The molecule has 1 saturated heterocycles. The number of rotatable bonds is 7. The number of carbonyl (C=O) groups excluding carboxylic acids is 3. The summed E-state index contributed by atoms with van der Waals surface area (Å²) in [6, 6.07) is 15.7. The molecule has 0 saturated carbocycles. The second-order valence-electron chi connectivity index (χ2n) is 8.51. The van der Waals surface area contributed by atoms with Gasteiger partial charge in [-0.1, -0.05) is 29.8 Å². The molecule has 0 unspecified atom stereocenters. The number of methoxy groups -OCH3 is 1. The van der Waals surface area contributed by atoms with Crippen LogP contribution < -0.4 is 10.1 Å². The predicted molar refractivity (Wildman–Crippen MR) is 134 cm³/mol. The van der Waals surface area contributed by atoms with Gasteiger partial charge in [0.05, 0.1) is 23.8 Å². The smallest absolute Gasteiger partial charge is 0.288 e. The molecule has 1 fully saturated rings. The molecule has 194 valence electrons. The predicted octanol–water partition coefficient (Wildman–Crippen LogP) is 2.11. The van der Waals surface area contributed by atoms with Gasteiger partial charge in [-0.3, -0.25) is 14.4 Å². The maximum absolute atomic E-state index is 13.5. The van der Waals surface area contributed by atoms with E-state index in [4.69, 9.17) is 9.15 Å². The van der Waals surface area contributed by atoms with Crippen molar-refractivity contribution in [1.82, 2.24) is 15.1 Å². The van der Waals surface area contributed by atoms with Gasteiger partial charge in [-0.15, -0.1) is 0 Å². The fourth-order valence-corrected chi connectivity index (χ4v) is 5.49. The van der Waals surface area contributed by atoms with Gasteiger partial charge in [-0.2, -0.15) is 0 Å². The van der Waals surface area contributed by atoms with Gasteiger partial charge in [-0.05, 0) is 43.3 Å². The highest BCUT2D eigenvalue weighted by Crippen LogP contribution is 2.22. The summed E-state index contributed by atoms with van der Waals surface area (Å²) in [6.45, 7) is 2.37. The Morgan fingerprint density at radius 3 is 2.19 bits per heavy atom. The molecule has 37 heavy (non-hydrogen) atoms. The summed E-state index contributed by atoms with van der Waals surface area (Å²) in [6.07, 6.45) is 1.28. The van der Waals surface area contributed by atoms with E-state index in [2.05, 4.69) is 5.32 Å². The molecular weight excluding hydrogens is 498 g/mol. The SMILES string of the molecule is COc1ccccc1C(=O)N1CCN(C(=O)[C@@H](NC(=O)c2ccco2)S(=O)(=O)c2ccc(C)cc2)CC1. The van der Waals surface area contributed by atoms with Gasteiger partial charge >= 0.3 is 0 Å². The highest BCUT2D eigenvalue weighted by Gasteiger charge is 2.40. The molecule has 3 amide bonds. The quantitative estimate of drug-likeness (QED) is 0.501. The Bertz CT molecular complexity index is 1380. The summed E-state index contributed by atoms with van der Waals surface area (Å²) in [4.78, 5) is 42.0. The normalized spacial score (nSPS) is 14.6. The first-order valence-corrected chi connectivity index (χ1v) is 13.1. The number of piperazine rings is 1. The molecular formula is C26H27N3O7S. The average molecular weight is 526 g/mol. The van der Waals surface area contributed by atoms with E-state index in [0.29, 0.717) is 11.3 Å². The van der Waals surface area contributed by atoms with Crippen LogP contribution >= 0.6 is 0 Å². The van der Waals surface area contributed by atoms with Gasteiger partial charge in [0.2, 0.25) is 15.2 Å². The molecule has 1 aromatic heterocycles. The van der Waals surface area contributed by atoms with Crippen LogP contribution in [0.5, 0.6) is 5.75 Å². The molecule has 1 aliphatic heterocycles. The fraction of sp³-hybridized carbons (Fsp3) is 0.269. The number of hydrogen-bond donors (Lipinski definition) is 1. The largest absolute Gasteiger partial charge is 0.496 e. The number of nitrogens with one attached hydrogen (secondary N) is 1. The number of benzene rings is 2. The van der Waals surface area contributed by atoms with E-state index in [1.54, 1.807) is 41.3 Å². The Balaban J connectivity index is 1.54. The molecule has 0 bridgehead atoms. The zero-order valence-electron chi connectivity index (χ0n) is 20.4. The third kappa shape index (κ3) is 5.51. The highest BCUT2D eigenvalue weighted by atomic mass is 32.2. The van der Waals surface area contributed by atoms with Gasteiger partial charge in [-0.25, -0.2) is 8.42 Å². The third-order valence-corrected chi connectivity index (χ3v) is 7.98. The van der Waals surface area contributed by atoms with E-state index >= 15 is 0 Å². The van der Waals surface area contributed by atoms with Gasteiger partial charge in [0.25, 0.3) is 17.7 Å². The van der Waals surface area contributed by atoms with E-state index in [0.717, 1.165) is 5.56 Å². The summed E-state index contributed by atoms with van der Waals surface area (Å²) < 4.78 is 37.3. The van der Waals surface area contributed by atoms with E-state index in [1.807, 2.05) is 6.92 Å². The second kappa shape index (κ2) is 10.9. The van der Waals surface area contributed by atoms with Crippen molar-refractivity contribution in [2.75, 3.05) is 33.3 Å². The number of carbonyl (C=O) groups is 3. The van der Waals surface area contributed by atoms with Crippen molar-refractivity contribution in [3.05, 3.63) is 83.8 Å². The van der Waals surface area contributed by atoms with Crippen LogP contribution in [0.1, 0.15) is 26.5 Å². The number of hydrogen-bond acceptors (Lipinski definition) is 7. The van der Waals surface area contributed by atoms with Crippen LogP contribution in [-0.4, -0.2) is 74.6 Å². The lowest BCUT2D eigenvalue weighted by atomic mass is 10.1. The van der Waals surface area contributed by atoms with Crippen molar-refractivity contribution in [3.63, 3.8) is 0 Å². The van der Waals surface area contributed by atoms with E-state index in [-0.39, 0.29) is 42.7 Å². The molecule has 1 N–H and O–H groups in total. The molecule has 0 spiro atoms. The Hall–Kier alpha value is -4.12. The first-order valence-electron chi connectivity index (χ1n) is 11.6. The van der Waals surface area contributed by atoms with E-state index in [9.17, 15) is 22.8 Å². The van der Waals surface area contributed by atoms with Gasteiger partial charge < -0.3 is 24.3 Å². The first kappa shape index (κ1) is 26.0. The molecule has 0 aliphatic carbocycles. The zero-order valence-corrected chi connectivity index (χ0v) is 21.2. The van der Waals surface area contributed by atoms with Crippen molar-refractivity contribution in [2.24, 2.45) is 0 Å². The number of nitrogens with zero attached hydrogens (tertiary/aromatic N) is 2. The zero-order chi connectivity index (χ0) is 26.6. The molecule has 0 radical (unpaired) electrons. The van der Waals surface area contributed by atoms with Crippen LogP contribution in [0.25, 0.3) is 0 Å². The molecule has 4 rings (SSSR count). The Morgan fingerprint density at radius 1 is 0.919 bits per heavy atom. The summed E-state index contributed by atoms with van der Waals surface area (Å²) in [5.41, 5.74) is 1.24. The van der Waals surface area contributed by atoms with Gasteiger partial charge in [0, 0.05) is 26.2 Å². The summed E-state index contributed by atoms with van der Waals surface area (Å²) in [7, 11) is -2.82. The monoisotopic (exact) mass is 525 g/mol. The molecule has 3 aromatic rings. The number of amides is 3. The summed E-state index contributed by atoms with van der Waals surface area (Å²) in [5, 5.41) is 0.465. The van der Waals surface area contributed by atoms with Gasteiger partial charge in [0.15, 0.2) is 5.76 Å². The molecule has 1 aliphatic rings. The summed E-state index contributed by atoms with van der Waals surface area (Å²) in [5.74, 6) is -1.55. The number of para-hydroxylation sites is 1. The molecule has 10 nitrogen and oxygen atoms in total. The number of ether oxygens (including phenoxy) is 1. The minimum absolute atomic E-state index is 0.0935. The van der Waals surface area contributed by atoms with E-state index < -0.39 is 27.0 Å². The van der Waals surface area contributed by atoms with Crippen molar-refractivity contribution in [2.45, 2.75) is 17.2 Å². The van der Waals surface area contributed by atoms with Crippen molar-refractivity contribution < 1.29 is 32.0 Å². The minimum Gasteiger partial charge on any atom is -0.496 e. The highest BCUT2D eigenvalue weighted by molar-refractivity contribution is 7.92. The van der Waals surface area contributed by atoms with Crippen LogP contribution in [0, 0.1) is 6.92 Å². The second-order valence-corrected chi connectivity index (χ2v) is 10.5. The fourth-order valence-electron chi connectivity index (χ4n) is 4.02. The topological polar surface area (TPSA) is 126 Å². The van der Waals surface area contributed by atoms with Crippen LogP contribution in [0.3, 0.4) is 0 Å². The lowest BCUT2D eigenvalue weighted by Gasteiger charge is -2.36. The molecule has 2 heterocycles. The minimum atomic E-state index is -4.30. The number of furan rings is 1. The maximum Gasteiger partial charge on any atom is 0.288 e. The van der Waals surface area contributed by atoms with Gasteiger partial charge in [0.1, 0.15) is 5.75 Å². The lowest BCUT2D eigenvalue weighted by molar-refractivity contribution is -0.132. The van der Waals surface area contributed by atoms with Crippen molar-refractivity contribution in [1.29, 1.82) is 0 Å². The Morgan fingerprint density at radius 2 is 1.57 bits per heavy atom. The lowest BCUT2D eigenvalue weighted by Crippen LogP contribution is -2.57. The summed E-state index contributed by atoms with van der Waals surface area (Å²) >= 11 is 0. The van der Waals surface area contributed by atoms with Crippen LogP contribution in [-0.2, 0) is 14.6 Å². The van der Waals surface area contributed by atoms with E-state index in [1.165, 1.54) is 42.5 Å². The Kier molecular flexibility index (Phi) is 7.63. The first-order chi connectivity index (χ1) is 17.7. The van der Waals surface area contributed by atoms with Crippen LogP contribution in [0.4, 0.5) is 0 Å². The number of sulfone groups is 1. The molecule has 2 aromatic carbocycles. The third-order valence-electron chi connectivity index (χ3n) is 6.11. The molecule has 11 heteroatoms. The van der Waals surface area contributed by atoms with Crippen LogP contribution in [0.2, 0.25) is 0 Å². The van der Waals surface area contributed by atoms with Crippen LogP contribution in [0.15, 0.2) is 76.2 Å². The number of aryl methyl sites for hydroxylation is 1. The Labute approximate surface area is 214 Å². The standard InChI is InChI=1S/C26H27N3O7S/c1-18-9-11-19(12-10-18)37(33,34)24(27-23(30)22-8-5-17-36-22)26(32)29-15-13-28(14-16-29)25(31)20-6-3-4-7-21(20)35-2/h3-12,17,24H,13-16H2,1-2H3,(H,27,30)/t24-/m0/s1. The van der Waals surface area contributed by atoms with Crippen molar-refractivity contribution in [3.8, 4) is 5.75 Å². The van der Waals surface area contributed by atoms with Crippen molar-refractivity contribution >= 4 is 27.6 Å². The molecule has 1 atom stereocenters.